The highest BCUT2D eigenvalue weighted by Gasteiger charge is 2.03. The predicted molar refractivity (Wildman–Crippen MR) is 79.1 cm³/mol. The van der Waals surface area contributed by atoms with Crippen LogP contribution >= 0.6 is 0 Å². The molecule has 0 unspecified atom stereocenters. The zero-order chi connectivity index (χ0) is 15.8. The van der Waals surface area contributed by atoms with E-state index < -0.39 is 0 Å². The zero-order valence-electron chi connectivity index (χ0n) is 12.2. The van der Waals surface area contributed by atoms with Crippen molar-refractivity contribution in [3.05, 3.63) is 54.0 Å². The van der Waals surface area contributed by atoms with E-state index in [9.17, 15) is 9.18 Å². The number of nitrogens with zero attached hydrogens (tertiary/aromatic N) is 1. The second-order valence-electron chi connectivity index (χ2n) is 4.54. The van der Waals surface area contributed by atoms with Crippen molar-refractivity contribution in [2.75, 3.05) is 13.7 Å². The van der Waals surface area contributed by atoms with Gasteiger partial charge in [-0.25, -0.2) is 9.37 Å². The summed E-state index contributed by atoms with van der Waals surface area (Å²) in [5, 5.41) is 2.76. The summed E-state index contributed by atoms with van der Waals surface area (Å²) in [5.74, 6) is 0.423. The molecule has 1 amide bonds. The van der Waals surface area contributed by atoms with Gasteiger partial charge in [-0.15, -0.1) is 0 Å². The van der Waals surface area contributed by atoms with Crippen LogP contribution < -0.4 is 14.8 Å². The first-order chi connectivity index (χ1) is 10.7. The third kappa shape index (κ3) is 5.05. The second-order valence-corrected chi connectivity index (χ2v) is 4.54. The van der Waals surface area contributed by atoms with E-state index >= 15 is 0 Å². The summed E-state index contributed by atoms with van der Waals surface area (Å²) >= 11 is 0. The maximum absolute atomic E-state index is 12.9. The maximum atomic E-state index is 12.9. The molecule has 6 heteroatoms. The van der Waals surface area contributed by atoms with Crippen molar-refractivity contribution in [3.8, 4) is 11.6 Å². The van der Waals surface area contributed by atoms with Gasteiger partial charge in [-0.3, -0.25) is 4.79 Å². The second kappa shape index (κ2) is 7.97. The number of amides is 1. The predicted octanol–water partition coefficient (Wildman–Crippen LogP) is 2.31. The number of hydrogen-bond donors (Lipinski definition) is 1. The highest BCUT2D eigenvalue weighted by Crippen LogP contribution is 2.12. The normalized spacial score (nSPS) is 10.1. The quantitative estimate of drug-likeness (QED) is 0.853. The monoisotopic (exact) mass is 304 g/mol. The van der Waals surface area contributed by atoms with E-state index in [2.05, 4.69) is 10.3 Å². The Hall–Kier alpha value is -2.63. The van der Waals surface area contributed by atoms with Crippen molar-refractivity contribution in [1.82, 2.24) is 10.3 Å². The van der Waals surface area contributed by atoms with Crippen LogP contribution in [0.5, 0.6) is 11.6 Å². The Morgan fingerprint density at radius 3 is 2.86 bits per heavy atom. The molecule has 2 aromatic rings. The van der Waals surface area contributed by atoms with E-state index in [0.717, 1.165) is 5.56 Å². The molecule has 0 saturated carbocycles. The topological polar surface area (TPSA) is 60.5 Å². The molecular formula is C16H17FN2O3. The van der Waals surface area contributed by atoms with Crippen LogP contribution in [0.2, 0.25) is 0 Å². The van der Waals surface area contributed by atoms with Crippen molar-refractivity contribution in [2.24, 2.45) is 0 Å². The van der Waals surface area contributed by atoms with Crippen LogP contribution in [0.1, 0.15) is 12.0 Å². The molecule has 0 aliphatic rings. The molecule has 0 saturated heterocycles. The summed E-state index contributed by atoms with van der Waals surface area (Å²) in [7, 11) is 1.54. The number of benzene rings is 1. The molecule has 0 spiro atoms. The van der Waals surface area contributed by atoms with Crippen LogP contribution in [-0.4, -0.2) is 24.6 Å². The number of pyridine rings is 1. The maximum Gasteiger partial charge on any atom is 0.223 e. The number of rotatable bonds is 7. The fraction of sp³-hybridized carbons (Fsp3) is 0.250. The number of ether oxygens (including phenoxy) is 2. The number of halogens is 1. The Balaban J connectivity index is 1.69. The lowest BCUT2D eigenvalue weighted by atomic mass is 10.3. The number of methoxy groups -OCH3 is 1. The molecule has 0 fully saturated rings. The number of nitrogens with one attached hydrogen (secondary N) is 1. The zero-order valence-corrected chi connectivity index (χ0v) is 12.2. The van der Waals surface area contributed by atoms with E-state index in [1.165, 1.54) is 12.1 Å². The lowest BCUT2D eigenvalue weighted by Crippen LogP contribution is -2.24. The fourth-order valence-electron chi connectivity index (χ4n) is 1.74. The number of aromatic nitrogens is 1. The van der Waals surface area contributed by atoms with E-state index in [-0.39, 0.29) is 24.8 Å². The molecule has 0 atom stereocenters. The summed E-state index contributed by atoms with van der Waals surface area (Å²) in [5.41, 5.74) is 0.875. The Labute approximate surface area is 128 Å². The molecule has 0 aliphatic heterocycles. The molecule has 0 radical (unpaired) electrons. The van der Waals surface area contributed by atoms with E-state index in [0.29, 0.717) is 18.2 Å². The summed E-state index contributed by atoms with van der Waals surface area (Å²) in [6, 6.07) is 9.37. The first-order valence-corrected chi connectivity index (χ1v) is 6.81. The van der Waals surface area contributed by atoms with Crippen molar-refractivity contribution in [2.45, 2.75) is 13.0 Å². The van der Waals surface area contributed by atoms with Gasteiger partial charge in [0.1, 0.15) is 11.6 Å². The SMILES string of the molecule is COc1ccc(CNC(=O)CCOc2cccc(F)c2)cn1. The highest BCUT2D eigenvalue weighted by atomic mass is 19.1. The van der Waals surface area contributed by atoms with Crippen molar-refractivity contribution in [3.63, 3.8) is 0 Å². The van der Waals surface area contributed by atoms with Gasteiger partial charge in [-0.2, -0.15) is 0 Å². The molecule has 116 valence electrons. The third-order valence-corrected chi connectivity index (χ3v) is 2.89. The van der Waals surface area contributed by atoms with Crippen molar-refractivity contribution < 1.29 is 18.7 Å². The Bertz CT molecular complexity index is 617. The molecule has 5 nitrogen and oxygen atoms in total. The summed E-state index contributed by atoms with van der Waals surface area (Å²) in [6.45, 7) is 0.575. The standard InChI is InChI=1S/C16H17FN2O3/c1-21-16-6-5-12(11-19-16)10-18-15(20)7-8-22-14-4-2-3-13(17)9-14/h2-6,9,11H,7-8,10H2,1H3,(H,18,20). The minimum absolute atomic E-state index is 0.146. The average Bonchev–Trinajstić information content (AvgIpc) is 2.53. The molecule has 1 aromatic carbocycles. The van der Waals surface area contributed by atoms with Gasteiger partial charge < -0.3 is 14.8 Å². The van der Waals surface area contributed by atoms with Crippen molar-refractivity contribution in [1.29, 1.82) is 0 Å². The van der Waals surface area contributed by atoms with Crippen LogP contribution in [0.4, 0.5) is 4.39 Å². The fourth-order valence-corrected chi connectivity index (χ4v) is 1.74. The average molecular weight is 304 g/mol. The molecule has 0 bridgehead atoms. The Kier molecular flexibility index (Phi) is 5.71. The summed E-state index contributed by atoms with van der Waals surface area (Å²) in [6.07, 6.45) is 1.84. The molecule has 22 heavy (non-hydrogen) atoms. The highest BCUT2D eigenvalue weighted by molar-refractivity contribution is 5.75. The largest absolute Gasteiger partial charge is 0.493 e. The molecule has 1 N–H and O–H groups in total. The third-order valence-electron chi connectivity index (χ3n) is 2.89. The smallest absolute Gasteiger partial charge is 0.223 e. The minimum Gasteiger partial charge on any atom is -0.493 e. The van der Waals surface area contributed by atoms with Crippen molar-refractivity contribution >= 4 is 5.91 Å². The van der Waals surface area contributed by atoms with Gasteiger partial charge in [0, 0.05) is 24.9 Å². The van der Waals surface area contributed by atoms with Crippen LogP contribution in [-0.2, 0) is 11.3 Å². The first-order valence-electron chi connectivity index (χ1n) is 6.81. The number of carbonyl (C=O) groups excluding carboxylic acids is 1. The molecule has 2 rings (SSSR count). The lowest BCUT2D eigenvalue weighted by Gasteiger charge is -2.07. The molecule has 0 aliphatic carbocycles. The van der Waals surface area contributed by atoms with Gasteiger partial charge in [0.05, 0.1) is 20.1 Å². The van der Waals surface area contributed by atoms with E-state index in [1.54, 1.807) is 31.5 Å². The van der Waals surface area contributed by atoms with Gasteiger partial charge in [0.15, 0.2) is 0 Å². The van der Waals surface area contributed by atoms with Crippen LogP contribution in [0.25, 0.3) is 0 Å². The van der Waals surface area contributed by atoms with Gasteiger partial charge in [-0.05, 0) is 17.7 Å². The van der Waals surface area contributed by atoms with Gasteiger partial charge >= 0.3 is 0 Å². The Morgan fingerprint density at radius 1 is 1.32 bits per heavy atom. The molecular weight excluding hydrogens is 287 g/mol. The first kappa shape index (κ1) is 15.8. The van der Waals surface area contributed by atoms with E-state index in [1.807, 2.05) is 6.07 Å². The van der Waals surface area contributed by atoms with Crippen LogP contribution in [0.3, 0.4) is 0 Å². The molecule has 1 aromatic heterocycles. The van der Waals surface area contributed by atoms with Gasteiger partial charge in [0.25, 0.3) is 0 Å². The van der Waals surface area contributed by atoms with Gasteiger partial charge in [-0.1, -0.05) is 12.1 Å². The number of carbonyl (C=O) groups is 1. The molecule has 1 heterocycles. The summed E-state index contributed by atoms with van der Waals surface area (Å²) < 4.78 is 23.2. The Morgan fingerprint density at radius 2 is 2.18 bits per heavy atom. The number of hydrogen-bond acceptors (Lipinski definition) is 4. The summed E-state index contributed by atoms with van der Waals surface area (Å²) in [4.78, 5) is 15.7. The van der Waals surface area contributed by atoms with E-state index in [4.69, 9.17) is 9.47 Å². The van der Waals surface area contributed by atoms with Crippen LogP contribution in [0, 0.1) is 5.82 Å². The van der Waals surface area contributed by atoms with Gasteiger partial charge in [0.2, 0.25) is 11.8 Å². The minimum atomic E-state index is -0.367. The lowest BCUT2D eigenvalue weighted by molar-refractivity contribution is -0.121. The van der Waals surface area contributed by atoms with Crippen LogP contribution in [0.15, 0.2) is 42.6 Å².